The fraction of sp³-hybridized carbons (Fsp3) is 0.393. The van der Waals surface area contributed by atoms with Crippen LogP contribution in [-0.4, -0.2) is 47.1 Å². The van der Waals surface area contributed by atoms with Crippen molar-refractivity contribution in [3.63, 3.8) is 0 Å². The van der Waals surface area contributed by atoms with E-state index in [1.54, 1.807) is 6.07 Å². The van der Waals surface area contributed by atoms with E-state index in [2.05, 4.69) is 20.3 Å². The zero-order valence-corrected chi connectivity index (χ0v) is 22.2. The number of aromatic nitrogens is 5. The summed E-state index contributed by atoms with van der Waals surface area (Å²) in [5.74, 6) is 0.177. The minimum Gasteiger partial charge on any atom is -0.465 e. The zero-order valence-electron chi connectivity index (χ0n) is 22.2. The number of rotatable bonds is 4. The number of anilines is 2. The van der Waals surface area contributed by atoms with Gasteiger partial charge in [-0.1, -0.05) is 20.8 Å². The first-order valence-corrected chi connectivity index (χ1v) is 13.0. The maximum Gasteiger partial charge on any atom is 0.407 e. The lowest BCUT2D eigenvalue weighted by Crippen LogP contribution is -2.35. The topological polar surface area (TPSA) is 109 Å². The van der Waals surface area contributed by atoms with Gasteiger partial charge in [0.15, 0.2) is 11.6 Å². The molecule has 3 aromatic heterocycles. The van der Waals surface area contributed by atoms with E-state index < -0.39 is 17.7 Å². The normalized spacial score (nSPS) is 15.5. The minimum absolute atomic E-state index is 0.0260. The molecule has 1 aromatic carbocycles. The number of benzene rings is 1. The van der Waals surface area contributed by atoms with Gasteiger partial charge in [0.1, 0.15) is 22.9 Å². The fourth-order valence-corrected chi connectivity index (χ4v) is 5.24. The molecule has 1 aliphatic heterocycles. The molecule has 2 aliphatic rings. The summed E-state index contributed by atoms with van der Waals surface area (Å²) in [6.45, 7) is 8.55. The van der Waals surface area contributed by atoms with Gasteiger partial charge in [0.25, 0.3) is 0 Å². The molecule has 1 aliphatic carbocycles. The second-order valence-electron chi connectivity index (χ2n) is 11.3. The standard InChI is InChI=1S/C28H29F2N7O2/c1-14-32-24-19(29)10-15(11-22(24)37(14)17-5-6-17)23-20(30)12-31-26(34-23)35-25-18(28(2,3)4)9-16-13-36(27(38)39)8-7-21(16)33-25/h9-12,17H,5-8,13H2,1-4H3,(H,38,39)(H,31,33,34,35). The number of fused-ring (bicyclic) bond motifs is 2. The molecule has 39 heavy (non-hydrogen) atoms. The summed E-state index contributed by atoms with van der Waals surface area (Å²) >= 11 is 0. The Labute approximate surface area is 223 Å². The van der Waals surface area contributed by atoms with Gasteiger partial charge in [-0.15, -0.1) is 0 Å². The van der Waals surface area contributed by atoms with Crippen molar-refractivity contribution in [1.29, 1.82) is 0 Å². The molecule has 9 nitrogen and oxygen atoms in total. The molecular formula is C28H29F2N7O2. The van der Waals surface area contributed by atoms with Crippen LogP contribution in [0.3, 0.4) is 0 Å². The molecule has 1 fully saturated rings. The number of carbonyl (C=O) groups is 1. The van der Waals surface area contributed by atoms with Crippen LogP contribution in [0.2, 0.25) is 0 Å². The molecule has 0 atom stereocenters. The third-order valence-electron chi connectivity index (χ3n) is 7.33. The molecule has 1 amide bonds. The highest BCUT2D eigenvalue weighted by atomic mass is 19.1. The fourth-order valence-electron chi connectivity index (χ4n) is 5.24. The SMILES string of the molecule is Cc1nc2c(F)cc(-c3nc(Nc4nc5c(cc4C(C)(C)C)CN(C(=O)O)CC5)ncc3F)cc2n1C1CC1. The van der Waals surface area contributed by atoms with Crippen LogP contribution in [0.15, 0.2) is 24.4 Å². The van der Waals surface area contributed by atoms with E-state index in [0.29, 0.717) is 29.9 Å². The first-order valence-electron chi connectivity index (χ1n) is 13.0. The number of hydrogen-bond acceptors (Lipinski definition) is 6. The van der Waals surface area contributed by atoms with Crippen molar-refractivity contribution < 1.29 is 18.7 Å². The maximum absolute atomic E-state index is 15.1. The number of halogens is 2. The Balaban J connectivity index is 1.40. The highest BCUT2D eigenvalue weighted by molar-refractivity contribution is 5.83. The van der Waals surface area contributed by atoms with Gasteiger partial charge >= 0.3 is 6.09 Å². The zero-order chi connectivity index (χ0) is 27.6. The van der Waals surface area contributed by atoms with E-state index in [1.165, 1.54) is 11.0 Å². The molecular weight excluding hydrogens is 504 g/mol. The third-order valence-corrected chi connectivity index (χ3v) is 7.33. The van der Waals surface area contributed by atoms with Crippen molar-refractivity contribution in [2.45, 2.75) is 65.0 Å². The van der Waals surface area contributed by atoms with Crippen LogP contribution in [-0.2, 0) is 18.4 Å². The van der Waals surface area contributed by atoms with E-state index in [4.69, 9.17) is 4.98 Å². The summed E-state index contributed by atoms with van der Waals surface area (Å²) in [5, 5.41) is 12.6. The van der Waals surface area contributed by atoms with Crippen molar-refractivity contribution in [1.82, 2.24) is 29.4 Å². The molecule has 2 N–H and O–H groups in total. The molecule has 4 aromatic rings. The number of pyridine rings is 1. The van der Waals surface area contributed by atoms with Crippen molar-refractivity contribution in [2.24, 2.45) is 0 Å². The summed E-state index contributed by atoms with van der Waals surface area (Å²) in [5.41, 5.74) is 3.32. The Morgan fingerprint density at radius 2 is 1.87 bits per heavy atom. The van der Waals surface area contributed by atoms with Gasteiger partial charge in [0.2, 0.25) is 5.95 Å². The molecule has 1 saturated carbocycles. The molecule has 4 heterocycles. The second-order valence-corrected chi connectivity index (χ2v) is 11.3. The van der Waals surface area contributed by atoms with Crippen molar-refractivity contribution in [2.75, 3.05) is 11.9 Å². The lowest BCUT2D eigenvalue weighted by molar-refractivity contribution is 0.139. The molecule has 0 radical (unpaired) electrons. The van der Waals surface area contributed by atoms with E-state index in [1.807, 2.05) is 38.3 Å². The van der Waals surface area contributed by atoms with Crippen molar-refractivity contribution in [3.8, 4) is 11.3 Å². The Morgan fingerprint density at radius 1 is 1.10 bits per heavy atom. The van der Waals surface area contributed by atoms with Gasteiger partial charge in [-0.05, 0) is 48.9 Å². The van der Waals surface area contributed by atoms with Crippen LogP contribution < -0.4 is 5.32 Å². The van der Waals surface area contributed by atoms with Crippen LogP contribution in [0.4, 0.5) is 25.3 Å². The van der Waals surface area contributed by atoms with E-state index in [9.17, 15) is 9.90 Å². The number of nitrogens with zero attached hydrogens (tertiary/aromatic N) is 6. The molecule has 0 bridgehead atoms. The van der Waals surface area contributed by atoms with Crippen molar-refractivity contribution >= 4 is 28.9 Å². The number of imidazole rings is 1. The van der Waals surface area contributed by atoms with Gasteiger partial charge in [-0.3, -0.25) is 0 Å². The monoisotopic (exact) mass is 533 g/mol. The first-order chi connectivity index (χ1) is 18.5. The van der Waals surface area contributed by atoms with E-state index in [0.717, 1.165) is 41.7 Å². The largest absolute Gasteiger partial charge is 0.465 e. The molecule has 0 spiro atoms. The van der Waals surface area contributed by atoms with Gasteiger partial charge in [0.05, 0.1) is 18.3 Å². The number of carboxylic acid groups (broad SMARTS) is 1. The third kappa shape index (κ3) is 4.55. The average Bonchev–Trinajstić information content (AvgIpc) is 3.65. The van der Waals surface area contributed by atoms with Crippen LogP contribution >= 0.6 is 0 Å². The molecule has 0 saturated heterocycles. The highest BCUT2D eigenvalue weighted by Gasteiger charge is 2.29. The molecule has 202 valence electrons. The van der Waals surface area contributed by atoms with E-state index >= 15 is 8.78 Å². The Bertz CT molecular complexity index is 1640. The smallest absolute Gasteiger partial charge is 0.407 e. The summed E-state index contributed by atoms with van der Waals surface area (Å²) < 4.78 is 32.1. The van der Waals surface area contributed by atoms with Gasteiger partial charge in [-0.25, -0.2) is 33.5 Å². The quantitative estimate of drug-likeness (QED) is 0.337. The van der Waals surface area contributed by atoms with Crippen LogP contribution in [0.25, 0.3) is 22.3 Å². The first kappa shape index (κ1) is 25.1. The number of nitrogens with one attached hydrogen (secondary N) is 1. The van der Waals surface area contributed by atoms with Crippen LogP contribution in [0.1, 0.15) is 62.3 Å². The minimum atomic E-state index is -0.961. The van der Waals surface area contributed by atoms with Crippen molar-refractivity contribution in [3.05, 3.63) is 58.7 Å². The van der Waals surface area contributed by atoms with Gasteiger partial charge in [0, 0.05) is 35.8 Å². The predicted octanol–water partition coefficient (Wildman–Crippen LogP) is 5.89. The average molecular weight is 534 g/mol. The Morgan fingerprint density at radius 3 is 2.56 bits per heavy atom. The van der Waals surface area contributed by atoms with E-state index in [-0.39, 0.29) is 35.2 Å². The summed E-state index contributed by atoms with van der Waals surface area (Å²) in [7, 11) is 0. The summed E-state index contributed by atoms with van der Waals surface area (Å²) in [6.07, 6.45) is 2.59. The van der Waals surface area contributed by atoms with Crippen LogP contribution in [0.5, 0.6) is 0 Å². The number of hydrogen-bond donors (Lipinski definition) is 2. The van der Waals surface area contributed by atoms with Gasteiger partial charge in [-0.2, -0.15) is 0 Å². The molecule has 11 heteroatoms. The Hall–Kier alpha value is -4.15. The summed E-state index contributed by atoms with van der Waals surface area (Å²) in [6, 6.07) is 5.24. The second kappa shape index (κ2) is 8.96. The lowest BCUT2D eigenvalue weighted by atomic mass is 9.85. The lowest BCUT2D eigenvalue weighted by Gasteiger charge is -2.29. The molecule has 6 rings (SSSR count). The highest BCUT2D eigenvalue weighted by Crippen LogP contribution is 2.40. The number of aryl methyl sites for hydroxylation is 1. The Kier molecular flexibility index (Phi) is 5.78. The number of amides is 1. The summed E-state index contributed by atoms with van der Waals surface area (Å²) in [4.78, 5) is 30.6. The predicted molar refractivity (Wildman–Crippen MR) is 142 cm³/mol. The van der Waals surface area contributed by atoms with Gasteiger partial charge < -0.3 is 19.9 Å². The molecule has 0 unspecified atom stereocenters. The van der Waals surface area contributed by atoms with Crippen LogP contribution in [0, 0.1) is 18.6 Å². The maximum atomic E-state index is 15.1.